The van der Waals surface area contributed by atoms with Crippen LogP contribution in [0, 0.1) is 11.8 Å². The highest BCUT2D eigenvalue weighted by molar-refractivity contribution is 6.74. The van der Waals surface area contributed by atoms with Crippen molar-refractivity contribution in [3.8, 4) is 0 Å². The lowest BCUT2D eigenvalue weighted by atomic mass is 9.82. The molecule has 0 aromatic rings. The van der Waals surface area contributed by atoms with Gasteiger partial charge in [0.1, 0.15) is 30.3 Å². The van der Waals surface area contributed by atoms with Crippen LogP contribution in [0.25, 0.3) is 0 Å². The molecule has 0 saturated carbocycles. The second kappa shape index (κ2) is 25.3. The summed E-state index contributed by atoms with van der Waals surface area (Å²) in [4.78, 5) is 54.9. The van der Waals surface area contributed by atoms with Crippen molar-refractivity contribution in [2.24, 2.45) is 11.8 Å². The smallest absolute Gasteiger partial charge is 0.313 e. The molecule has 3 aliphatic heterocycles. The second-order valence-electron chi connectivity index (χ2n) is 20.1. The van der Waals surface area contributed by atoms with Gasteiger partial charge in [0.25, 0.3) is 0 Å². The molecule has 3 aliphatic rings. The molecule has 0 bridgehead atoms. The zero-order valence-corrected chi connectivity index (χ0v) is 43.7. The minimum Gasteiger partial charge on any atom is -0.462 e. The predicted molar refractivity (Wildman–Crippen MR) is 247 cm³/mol. The van der Waals surface area contributed by atoms with Gasteiger partial charge < -0.3 is 61.8 Å². The molecule has 17 nitrogen and oxygen atoms in total. The molecule has 0 aromatic carbocycles. The highest BCUT2D eigenvalue weighted by atomic mass is 28.4. The number of hydrogen-bond acceptors (Lipinski definition) is 17. The van der Waals surface area contributed by atoms with Crippen LogP contribution in [-0.2, 0) is 71.0 Å². The van der Waals surface area contributed by atoms with Gasteiger partial charge in [-0.2, -0.15) is 0 Å². The van der Waals surface area contributed by atoms with Crippen molar-refractivity contribution in [2.45, 2.75) is 211 Å². The van der Waals surface area contributed by atoms with Gasteiger partial charge in [0, 0.05) is 53.9 Å². The van der Waals surface area contributed by atoms with Gasteiger partial charge in [0.2, 0.25) is 0 Å². The molecular formula is C48H83NO16Si. The molecule has 2 fully saturated rings. The van der Waals surface area contributed by atoms with E-state index in [0.717, 1.165) is 0 Å². The summed E-state index contributed by atoms with van der Waals surface area (Å²) in [6, 6.07) is -0.745. The van der Waals surface area contributed by atoms with E-state index in [1.54, 1.807) is 48.7 Å². The lowest BCUT2D eigenvalue weighted by Gasteiger charge is -2.51. The summed E-state index contributed by atoms with van der Waals surface area (Å²) in [5, 5.41) is 11.4. The highest BCUT2D eigenvalue weighted by Gasteiger charge is 2.54. The second-order valence-corrected chi connectivity index (χ2v) is 24.9. The van der Waals surface area contributed by atoms with Crippen molar-refractivity contribution < 1.29 is 76.1 Å². The number of esters is 3. The van der Waals surface area contributed by atoms with Crippen molar-refractivity contribution in [1.29, 1.82) is 0 Å². The van der Waals surface area contributed by atoms with Gasteiger partial charge in [-0.1, -0.05) is 58.9 Å². The monoisotopic (exact) mass is 958 g/mol. The number of aliphatic hydroxyl groups is 1. The summed E-state index contributed by atoms with van der Waals surface area (Å²) >= 11 is 0. The Balaban J connectivity index is 2.19. The Labute approximate surface area is 394 Å². The third kappa shape index (κ3) is 16.0. The van der Waals surface area contributed by atoms with Crippen molar-refractivity contribution in [2.75, 3.05) is 35.4 Å². The Hall–Kier alpha value is -2.62. The topological polar surface area (TPSA) is 193 Å². The van der Waals surface area contributed by atoms with E-state index in [1.165, 1.54) is 28.3 Å². The van der Waals surface area contributed by atoms with E-state index in [4.69, 9.17) is 51.8 Å². The number of Topliss-reactive ketones (excluding diaryl/α,β-unsaturated/α-hetero) is 1. The zero-order chi connectivity index (χ0) is 49.9. The SMILES string of the molecule is CCC(=O)O[C@H]1[C@H](C)O[C@@H](O[C@H]2[C@H](N(C)C)[C@@H](OC(C)=O)[C@H](O[C@H]3[C@@H](CC(OC)OC)C[C@@H](C)[C@@H](O[Si](C)(C)C(C)(C)C)/C=C/C=C/C[C@@H](C)OC(=O)CC(=O)[C@@H]3OC)O[C@@H]2C)C[C@@]1(C)O. The fourth-order valence-corrected chi connectivity index (χ4v) is 10.1. The Morgan fingerprint density at radius 3 is 2.15 bits per heavy atom. The summed E-state index contributed by atoms with van der Waals surface area (Å²) < 4.78 is 68.5. The molecule has 1 N–H and O–H groups in total. The molecule has 0 unspecified atom stereocenters. The first-order valence-corrected chi connectivity index (χ1v) is 26.3. The average Bonchev–Trinajstić information content (AvgIpc) is 3.20. The molecule has 66 heavy (non-hydrogen) atoms. The van der Waals surface area contributed by atoms with Gasteiger partial charge in [-0.3, -0.25) is 19.2 Å². The lowest BCUT2D eigenvalue weighted by Crippen LogP contribution is -2.66. The summed E-state index contributed by atoms with van der Waals surface area (Å²) in [6.07, 6.45) is -2.54. The predicted octanol–water partition coefficient (Wildman–Crippen LogP) is 6.04. The molecule has 0 aromatic heterocycles. The number of nitrogens with zero attached hydrogens (tertiary/aromatic N) is 1. The minimum absolute atomic E-state index is 0.0485. The van der Waals surface area contributed by atoms with Crippen molar-refractivity contribution in [3.05, 3.63) is 24.3 Å². The van der Waals surface area contributed by atoms with E-state index in [-0.39, 0.29) is 36.3 Å². The minimum atomic E-state index is -2.34. The van der Waals surface area contributed by atoms with E-state index >= 15 is 0 Å². The first-order chi connectivity index (χ1) is 30.7. The lowest BCUT2D eigenvalue weighted by molar-refractivity contribution is -0.343. The van der Waals surface area contributed by atoms with Gasteiger partial charge in [-0.15, -0.1) is 0 Å². The summed E-state index contributed by atoms with van der Waals surface area (Å²) in [5.74, 6) is -3.17. The van der Waals surface area contributed by atoms with E-state index in [0.29, 0.717) is 12.8 Å². The Kier molecular flexibility index (Phi) is 22.1. The molecule has 0 radical (unpaired) electrons. The molecule has 380 valence electrons. The normalized spacial score (nSPS) is 36.7. The molecule has 18 heteroatoms. The number of ketones is 1. The van der Waals surface area contributed by atoms with Gasteiger partial charge >= 0.3 is 17.9 Å². The molecule has 15 atom stereocenters. The van der Waals surface area contributed by atoms with Crippen LogP contribution >= 0.6 is 0 Å². The van der Waals surface area contributed by atoms with E-state index in [9.17, 15) is 24.3 Å². The van der Waals surface area contributed by atoms with Crippen molar-refractivity contribution >= 4 is 32.0 Å². The first kappa shape index (κ1) is 57.7. The number of allylic oxidation sites excluding steroid dienone is 2. The molecule has 3 rings (SSSR count). The van der Waals surface area contributed by atoms with Crippen LogP contribution in [0.3, 0.4) is 0 Å². The fraction of sp³-hybridized carbons (Fsp3) is 0.833. The number of rotatable bonds is 15. The number of methoxy groups -OCH3 is 3. The summed E-state index contributed by atoms with van der Waals surface area (Å²) in [7, 11) is 5.67. The fourth-order valence-electron chi connectivity index (χ4n) is 8.71. The third-order valence-electron chi connectivity index (χ3n) is 13.3. The summed E-state index contributed by atoms with van der Waals surface area (Å²) in [5.41, 5.74) is -1.51. The Morgan fingerprint density at radius 2 is 1.61 bits per heavy atom. The molecule has 3 heterocycles. The van der Waals surface area contributed by atoms with Crippen molar-refractivity contribution in [3.63, 3.8) is 0 Å². The van der Waals surface area contributed by atoms with E-state index < -0.39 is 124 Å². The number of carbonyl (C=O) groups excluding carboxylic acids is 4. The molecular weight excluding hydrogens is 875 g/mol. The van der Waals surface area contributed by atoms with Crippen LogP contribution in [0.2, 0.25) is 18.1 Å². The van der Waals surface area contributed by atoms with Crippen molar-refractivity contribution in [1.82, 2.24) is 4.90 Å². The maximum absolute atomic E-state index is 14.4. The van der Waals surface area contributed by atoms with Crippen LogP contribution < -0.4 is 0 Å². The van der Waals surface area contributed by atoms with E-state index in [2.05, 4.69) is 40.8 Å². The highest BCUT2D eigenvalue weighted by Crippen LogP contribution is 2.41. The number of carbonyl (C=O) groups is 4. The first-order valence-electron chi connectivity index (χ1n) is 23.4. The van der Waals surface area contributed by atoms with Crippen LogP contribution in [0.15, 0.2) is 24.3 Å². The Morgan fingerprint density at radius 1 is 0.955 bits per heavy atom. The van der Waals surface area contributed by atoms with E-state index in [1.807, 2.05) is 29.2 Å². The number of cyclic esters (lactones) is 1. The molecule has 0 aliphatic carbocycles. The van der Waals surface area contributed by atoms with Gasteiger partial charge in [0.05, 0.1) is 30.5 Å². The zero-order valence-electron chi connectivity index (χ0n) is 42.7. The maximum Gasteiger partial charge on any atom is 0.313 e. The summed E-state index contributed by atoms with van der Waals surface area (Å²) in [6.45, 7) is 22.8. The standard InChI is InChI=1S/C48H83NO16Si/c1-18-36(52)62-45-31(5)59-39(27-48(45,10)54)63-41-30(4)60-46(44(61-32(6)50)40(41)49(11)12)64-42-33(25-38(55-13)56-14)24-28(2)35(65-66(16,17)47(7,8)9)23-21-19-20-22-29(3)58-37(53)26-34(51)43(42)57-15/h19-21,23,28-31,33,35,38-46,54H,18,22,24-27H2,1-17H3/b20-19+,23-21+/t28-,29-,30-,31+,33-,35+,39+,40+,41-,42+,43+,44-,45+,46+,48-/m1/s1. The van der Waals surface area contributed by atoms with Crippen LogP contribution in [0.5, 0.6) is 0 Å². The number of likely N-dealkylation sites (N-methyl/N-ethyl adjacent to an activating group) is 1. The van der Waals surface area contributed by atoms with Crippen LogP contribution in [0.4, 0.5) is 0 Å². The largest absolute Gasteiger partial charge is 0.462 e. The third-order valence-corrected chi connectivity index (χ3v) is 17.8. The van der Waals surface area contributed by atoms with Crippen LogP contribution in [0.1, 0.15) is 108 Å². The maximum atomic E-state index is 14.4. The molecule has 0 amide bonds. The molecule has 0 spiro atoms. The average molecular weight is 958 g/mol. The van der Waals surface area contributed by atoms with Gasteiger partial charge in [0.15, 0.2) is 45.2 Å². The number of hydrogen-bond donors (Lipinski definition) is 1. The Bertz CT molecular complexity index is 1630. The number of ether oxygens (including phenoxy) is 10. The van der Waals surface area contributed by atoms with Crippen LogP contribution in [-0.4, -0.2) is 163 Å². The van der Waals surface area contributed by atoms with Gasteiger partial charge in [-0.25, -0.2) is 0 Å². The quantitative estimate of drug-likeness (QED) is 0.0657. The van der Waals surface area contributed by atoms with Gasteiger partial charge in [-0.05, 0) is 78.2 Å². The molecule has 2 saturated heterocycles.